The Balaban J connectivity index is 1.52. The highest BCUT2D eigenvalue weighted by molar-refractivity contribution is 5.96. The second-order valence-electron chi connectivity index (χ2n) is 8.46. The third kappa shape index (κ3) is 4.71. The minimum atomic E-state index is -0.602. The van der Waals surface area contributed by atoms with Crippen LogP contribution in [0.15, 0.2) is 30.5 Å². The van der Waals surface area contributed by atoms with Gasteiger partial charge in [-0.1, -0.05) is 12.1 Å². The molecule has 0 unspecified atom stereocenters. The van der Waals surface area contributed by atoms with Gasteiger partial charge in [-0.3, -0.25) is 4.79 Å². The van der Waals surface area contributed by atoms with E-state index in [1.54, 1.807) is 6.20 Å². The normalized spacial score (nSPS) is 20.9. The molecule has 1 atom stereocenters. The number of carbonyl (C=O) groups is 1. The van der Waals surface area contributed by atoms with Crippen LogP contribution in [0.3, 0.4) is 0 Å². The molecule has 4 rings (SSSR count). The van der Waals surface area contributed by atoms with Crippen molar-refractivity contribution in [1.82, 2.24) is 14.9 Å². The van der Waals surface area contributed by atoms with Crippen molar-refractivity contribution in [2.45, 2.75) is 37.6 Å². The second-order valence-corrected chi connectivity index (χ2v) is 8.46. The second kappa shape index (κ2) is 8.97. The summed E-state index contributed by atoms with van der Waals surface area (Å²) in [6.45, 7) is 3.88. The quantitative estimate of drug-likeness (QED) is 0.693. The van der Waals surface area contributed by atoms with Crippen LogP contribution in [-0.2, 0) is 0 Å². The van der Waals surface area contributed by atoms with Gasteiger partial charge < -0.3 is 26.6 Å². The number of nitrogens with zero attached hydrogens (tertiary/aromatic N) is 4. The number of anilines is 3. The molecular formula is C22H31N7O. The van der Waals surface area contributed by atoms with Crippen molar-refractivity contribution in [2.75, 3.05) is 43.4 Å². The summed E-state index contributed by atoms with van der Waals surface area (Å²) in [6.07, 6.45) is 5.99. The molecule has 0 spiro atoms. The van der Waals surface area contributed by atoms with Gasteiger partial charge in [0.15, 0.2) is 11.5 Å². The number of benzene rings is 1. The fraction of sp³-hybridized carbons (Fsp3) is 0.500. The largest absolute Gasteiger partial charge is 0.364 e. The summed E-state index contributed by atoms with van der Waals surface area (Å²) in [5.74, 6) is 1.09. The van der Waals surface area contributed by atoms with E-state index in [1.807, 2.05) is 12.1 Å². The maximum atomic E-state index is 11.9. The maximum Gasteiger partial charge on any atom is 0.271 e. The van der Waals surface area contributed by atoms with Crippen LogP contribution < -0.4 is 21.7 Å². The lowest BCUT2D eigenvalue weighted by molar-refractivity contribution is 0.0996. The lowest BCUT2D eigenvalue weighted by atomic mass is 9.89. The Bertz CT molecular complexity index is 878. The van der Waals surface area contributed by atoms with Gasteiger partial charge in [0.2, 0.25) is 0 Å². The Morgan fingerprint density at radius 2 is 1.87 bits per heavy atom. The minimum Gasteiger partial charge on any atom is -0.364 e. The number of carbonyl (C=O) groups excluding carboxylic acids is 1. The average molecular weight is 410 g/mol. The molecule has 1 amide bonds. The zero-order valence-electron chi connectivity index (χ0n) is 17.6. The highest BCUT2D eigenvalue weighted by Crippen LogP contribution is 2.29. The van der Waals surface area contributed by atoms with Crippen LogP contribution in [0.4, 0.5) is 17.3 Å². The number of hydrogen-bond acceptors (Lipinski definition) is 7. The van der Waals surface area contributed by atoms with Gasteiger partial charge in [-0.25, -0.2) is 9.97 Å². The molecule has 5 N–H and O–H groups in total. The SMILES string of the molecule is CN1CCC(c2ccc(Nc3nc(N4CCC[C@@H](N)C4)cnc3C(N)=O)cc2)CC1. The third-order valence-corrected chi connectivity index (χ3v) is 6.14. The van der Waals surface area contributed by atoms with Gasteiger partial charge in [0, 0.05) is 24.8 Å². The van der Waals surface area contributed by atoms with Gasteiger partial charge in [-0.2, -0.15) is 0 Å². The Kier molecular flexibility index (Phi) is 6.15. The summed E-state index contributed by atoms with van der Waals surface area (Å²) in [5.41, 5.74) is 14.0. The molecule has 2 fully saturated rings. The van der Waals surface area contributed by atoms with Gasteiger partial charge >= 0.3 is 0 Å². The fourth-order valence-electron chi connectivity index (χ4n) is 4.33. The number of nitrogens with two attached hydrogens (primary N) is 2. The number of aromatic nitrogens is 2. The standard InChI is InChI=1S/C22H31N7O/c1-28-11-8-16(9-12-28)15-4-6-18(7-5-15)26-22-20(21(24)30)25-13-19(27-22)29-10-2-3-17(23)14-29/h4-7,13,16-17H,2-3,8-12,14,23H2,1H3,(H2,24,30)(H,26,27)/t17-/m1/s1. The molecule has 2 aromatic rings. The molecular weight excluding hydrogens is 378 g/mol. The number of likely N-dealkylation sites (tertiary alicyclic amines) is 1. The van der Waals surface area contributed by atoms with Crippen LogP contribution in [0, 0.1) is 0 Å². The summed E-state index contributed by atoms with van der Waals surface area (Å²) >= 11 is 0. The molecule has 0 aliphatic carbocycles. The average Bonchev–Trinajstić information content (AvgIpc) is 2.75. The molecule has 0 radical (unpaired) electrons. The van der Waals surface area contributed by atoms with Gasteiger partial charge in [-0.15, -0.1) is 0 Å². The molecule has 3 heterocycles. The third-order valence-electron chi connectivity index (χ3n) is 6.14. The van der Waals surface area contributed by atoms with E-state index in [1.165, 1.54) is 18.4 Å². The van der Waals surface area contributed by atoms with Crippen LogP contribution >= 0.6 is 0 Å². The van der Waals surface area contributed by atoms with Crippen LogP contribution in [0.25, 0.3) is 0 Å². The van der Waals surface area contributed by atoms with Gasteiger partial charge in [0.05, 0.1) is 6.20 Å². The Morgan fingerprint density at radius 1 is 1.13 bits per heavy atom. The van der Waals surface area contributed by atoms with E-state index in [-0.39, 0.29) is 11.7 Å². The van der Waals surface area contributed by atoms with Crippen molar-refractivity contribution in [3.05, 3.63) is 41.7 Å². The molecule has 0 saturated carbocycles. The molecule has 2 aliphatic rings. The number of nitrogens with one attached hydrogen (secondary N) is 1. The number of piperidine rings is 2. The summed E-state index contributed by atoms with van der Waals surface area (Å²) in [7, 11) is 2.17. The van der Waals surface area contributed by atoms with Crippen molar-refractivity contribution in [2.24, 2.45) is 11.5 Å². The van der Waals surface area contributed by atoms with Crippen LogP contribution in [-0.4, -0.2) is 60.0 Å². The first kappa shape index (κ1) is 20.6. The van der Waals surface area contributed by atoms with Crippen molar-refractivity contribution in [3.63, 3.8) is 0 Å². The number of hydrogen-bond donors (Lipinski definition) is 3. The predicted molar refractivity (Wildman–Crippen MR) is 119 cm³/mol. The summed E-state index contributed by atoms with van der Waals surface area (Å²) in [6, 6.07) is 8.50. The molecule has 1 aromatic carbocycles. The molecule has 1 aromatic heterocycles. The van der Waals surface area contributed by atoms with Crippen LogP contribution in [0.5, 0.6) is 0 Å². The molecule has 160 valence electrons. The van der Waals surface area contributed by atoms with Gasteiger partial charge in [-0.05, 0) is 69.4 Å². The van der Waals surface area contributed by atoms with Crippen molar-refractivity contribution < 1.29 is 4.79 Å². The Labute approximate surface area is 177 Å². The lowest BCUT2D eigenvalue weighted by Crippen LogP contribution is -2.43. The number of rotatable bonds is 5. The summed E-state index contributed by atoms with van der Waals surface area (Å²) in [4.78, 5) is 25.3. The van der Waals surface area contributed by atoms with E-state index in [2.05, 4.69) is 44.3 Å². The molecule has 2 saturated heterocycles. The van der Waals surface area contributed by atoms with Gasteiger partial charge in [0.1, 0.15) is 5.82 Å². The van der Waals surface area contributed by atoms with Gasteiger partial charge in [0.25, 0.3) is 5.91 Å². The maximum absolute atomic E-state index is 11.9. The summed E-state index contributed by atoms with van der Waals surface area (Å²) in [5, 5.41) is 3.24. The fourth-order valence-corrected chi connectivity index (χ4v) is 4.33. The topological polar surface area (TPSA) is 113 Å². The highest BCUT2D eigenvalue weighted by Gasteiger charge is 2.21. The smallest absolute Gasteiger partial charge is 0.271 e. The predicted octanol–water partition coefficient (Wildman–Crippen LogP) is 2.06. The lowest BCUT2D eigenvalue weighted by Gasteiger charge is -2.31. The first-order valence-electron chi connectivity index (χ1n) is 10.7. The Hall–Kier alpha value is -2.71. The number of amides is 1. The molecule has 30 heavy (non-hydrogen) atoms. The molecule has 2 aliphatic heterocycles. The first-order valence-corrected chi connectivity index (χ1v) is 10.7. The first-order chi connectivity index (χ1) is 14.5. The Morgan fingerprint density at radius 3 is 2.53 bits per heavy atom. The zero-order valence-corrected chi connectivity index (χ0v) is 17.6. The zero-order chi connectivity index (χ0) is 21.1. The molecule has 8 nitrogen and oxygen atoms in total. The monoisotopic (exact) mass is 409 g/mol. The van der Waals surface area contributed by atoms with Crippen molar-refractivity contribution in [1.29, 1.82) is 0 Å². The van der Waals surface area contributed by atoms with E-state index in [0.29, 0.717) is 17.6 Å². The van der Waals surface area contributed by atoms with Crippen LogP contribution in [0.2, 0.25) is 0 Å². The van der Waals surface area contributed by atoms with Crippen LogP contribution in [0.1, 0.15) is 47.7 Å². The summed E-state index contributed by atoms with van der Waals surface area (Å²) < 4.78 is 0. The van der Waals surface area contributed by atoms with Crippen molar-refractivity contribution >= 4 is 23.2 Å². The van der Waals surface area contributed by atoms with E-state index in [0.717, 1.165) is 44.7 Å². The molecule has 8 heteroatoms. The van der Waals surface area contributed by atoms with E-state index >= 15 is 0 Å². The van der Waals surface area contributed by atoms with Crippen molar-refractivity contribution in [3.8, 4) is 0 Å². The highest BCUT2D eigenvalue weighted by atomic mass is 16.1. The van der Waals surface area contributed by atoms with E-state index < -0.39 is 5.91 Å². The van der Waals surface area contributed by atoms with E-state index in [9.17, 15) is 4.79 Å². The minimum absolute atomic E-state index is 0.125. The molecule has 0 bridgehead atoms. The van der Waals surface area contributed by atoms with E-state index in [4.69, 9.17) is 11.5 Å². The number of primary amides is 1.